The second kappa shape index (κ2) is 14.4. The Morgan fingerprint density at radius 2 is 1.19 bits per heavy atom. The summed E-state index contributed by atoms with van der Waals surface area (Å²) >= 11 is 3.62. The van der Waals surface area contributed by atoms with Crippen LogP contribution in [0.25, 0.3) is 32.9 Å². The van der Waals surface area contributed by atoms with Gasteiger partial charge >= 0.3 is 11.9 Å². The van der Waals surface area contributed by atoms with Crippen LogP contribution < -0.4 is 0 Å². The predicted molar refractivity (Wildman–Crippen MR) is 216 cm³/mol. The fourth-order valence-electron chi connectivity index (χ4n) is 7.57. The number of nitrogens with zero attached hydrogens (tertiary/aromatic N) is 4. The van der Waals surface area contributed by atoms with Crippen LogP contribution in [0.15, 0.2) is 102 Å². The highest BCUT2D eigenvalue weighted by atomic mass is 79.9. The third-order valence-electron chi connectivity index (χ3n) is 10.7. The van der Waals surface area contributed by atoms with Crippen molar-refractivity contribution in [2.75, 3.05) is 0 Å². The molecule has 2 fully saturated rings. The first-order valence-electron chi connectivity index (χ1n) is 18.4. The summed E-state index contributed by atoms with van der Waals surface area (Å²) in [7, 11) is 4.07. The number of carboxylic acid groups (broad SMARTS) is 2. The summed E-state index contributed by atoms with van der Waals surface area (Å²) in [6.45, 7) is 2.12. The monoisotopic (exact) mass is 780 g/mol. The van der Waals surface area contributed by atoms with Gasteiger partial charge in [0.05, 0.1) is 33.5 Å². The van der Waals surface area contributed by atoms with Gasteiger partial charge in [0.15, 0.2) is 0 Å². The smallest absolute Gasteiger partial charge is 0.337 e. The van der Waals surface area contributed by atoms with Crippen LogP contribution in [-0.2, 0) is 26.9 Å². The first kappa shape index (κ1) is 35.5. The first-order chi connectivity index (χ1) is 26.0. The molecule has 0 saturated heterocycles. The van der Waals surface area contributed by atoms with E-state index in [2.05, 4.69) is 110 Å². The maximum atomic E-state index is 11.9. The molecular formula is C45H41BrN4O4. The Hall–Kier alpha value is -5.54. The number of halogens is 1. The Kier molecular flexibility index (Phi) is 9.44. The number of benzene rings is 3. The summed E-state index contributed by atoms with van der Waals surface area (Å²) < 4.78 is 5.22. The average Bonchev–Trinajstić information content (AvgIpc) is 4.09. The van der Waals surface area contributed by atoms with E-state index in [1.165, 1.54) is 22.2 Å². The van der Waals surface area contributed by atoms with Gasteiger partial charge in [0, 0.05) is 72.5 Å². The first-order valence-corrected chi connectivity index (χ1v) is 19.1. The molecule has 54 heavy (non-hydrogen) atoms. The van der Waals surface area contributed by atoms with Gasteiger partial charge in [0.25, 0.3) is 0 Å². The number of aryl methyl sites for hydroxylation is 3. The molecule has 2 N–H and O–H groups in total. The molecule has 2 saturated carbocycles. The SMILES string of the molecule is Cc1ccccc1-c1cc(Cc2ncc(C3CC3)cc2C(=O)O)cc2ccn(C)c12.Cn1ccc2cc(Cc3ncc(C4CC4)cc3C(=O)O)cc(Br)c21. The molecule has 0 unspecified atom stereocenters. The summed E-state index contributed by atoms with van der Waals surface area (Å²) in [6, 6.07) is 24.7. The Morgan fingerprint density at radius 3 is 1.70 bits per heavy atom. The largest absolute Gasteiger partial charge is 0.478 e. The second-order valence-electron chi connectivity index (χ2n) is 14.8. The van der Waals surface area contributed by atoms with Crippen LogP contribution in [-0.4, -0.2) is 41.3 Å². The maximum Gasteiger partial charge on any atom is 0.337 e. The van der Waals surface area contributed by atoms with Gasteiger partial charge in [-0.15, -0.1) is 0 Å². The number of aromatic carboxylic acids is 2. The zero-order chi connectivity index (χ0) is 37.7. The molecule has 4 heterocycles. The number of hydrogen-bond donors (Lipinski definition) is 2. The van der Waals surface area contributed by atoms with Gasteiger partial charge < -0.3 is 19.3 Å². The number of aromatic nitrogens is 4. The normalized spacial score (nSPS) is 13.9. The van der Waals surface area contributed by atoms with E-state index in [1.807, 2.05) is 37.8 Å². The summed E-state index contributed by atoms with van der Waals surface area (Å²) in [5, 5.41) is 21.6. The topological polar surface area (TPSA) is 110 Å². The van der Waals surface area contributed by atoms with Crippen LogP contribution in [0.1, 0.15) is 97.4 Å². The van der Waals surface area contributed by atoms with Crippen LogP contribution in [0.5, 0.6) is 0 Å². The molecule has 8 nitrogen and oxygen atoms in total. The van der Waals surface area contributed by atoms with Gasteiger partial charge in [-0.3, -0.25) is 9.97 Å². The van der Waals surface area contributed by atoms with Crippen molar-refractivity contribution in [3.63, 3.8) is 0 Å². The minimum atomic E-state index is -0.903. The van der Waals surface area contributed by atoms with Crippen LogP contribution >= 0.6 is 15.9 Å². The Bertz CT molecular complexity index is 2600. The van der Waals surface area contributed by atoms with E-state index >= 15 is 0 Å². The molecule has 0 radical (unpaired) electrons. The molecule has 9 rings (SSSR count). The Labute approximate surface area is 322 Å². The van der Waals surface area contributed by atoms with Crippen molar-refractivity contribution in [3.8, 4) is 11.1 Å². The zero-order valence-corrected chi connectivity index (χ0v) is 32.1. The van der Waals surface area contributed by atoms with Crippen molar-refractivity contribution in [2.24, 2.45) is 14.1 Å². The zero-order valence-electron chi connectivity index (χ0n) is 30.5. The lowest BCUT2D eigenvalue weighted by Crippen LogP contribution is -2.07. The lowest BCUT2D eigenvalue weighted by molar-refractivity contribution is 0.0684. The molecule has 0 atom stereocenters. The van der Waals surface area contributed by atoms with E-state index in [1.54, 1.807) is 6.07 Å². The predicted octanol–water partition coefficient (Wildman–Crippen LogP) is 10.2. The lowest BCUT2D eigenvalue weighted by atomic mass is 9.94. The molecule has 0 amide bonds. The van der Waals surface area contributed by atoms with E-state index in [-0.39, 0.29) is 0 Å². The van der Waals surface area contributed by atoms with Crippen molar-refractivity contribution in [1.29, 1.82) is 0 Å². The van der Waals surface area contributed by atoms with Crippen molar-refractivity contribution >= 4 is 49.7 Å². The van der Waals surface area contributed by atoms with Crippen LogP contribution in [0.3, 0.4) is 0 Å². The number of pyridine rings is 2. The Morgan fingerprint density at radius 1 is 0.685 bits per heavy atom. The second-order valence-corrected chi connectivity index (χ2v) is 15.7. The van der Waals surface area contributed by atoms with E-state index in [0.717, 1.165) is 68.7 Å². The molecule has 0 bridgehead atoms. The number of carbonyl (C=O) groups is 2. The standard InChI is InChI=1S/C26H24N2O2.C19H17BrN2O2/c1-16-5-3-4-6-21(16)22-12-17(11-19-9-10-28(2)25(19)22)13-24-23(26(29)30)14-20(15-27-24)18-7-8-18;1-22-5-4-13-6-11(7-16(20)18(13)22)8-17-15(19(23)24)9-14(10-21-17)12-2-3-12/h3-6,9-12,14-15,18H,7-8,13H2,1-2H3,(H,29,30);4-7,9-10,12H,2-3,8H2,1H3,(H,23,24). The van der Waals surface area contributed by atoms with E-state index in [9.17, 15) is 19.8 Å². The lowest BCUT2D eigenvalue weighted by Gasteiger charge is -2.13. The average molecular weight is 782 g/mol. The quantitative estimate of drug-likeness (QED) is 0.151. The molecule has 7 aromatic rings. The van der Waals surface area contributed by atoms with Gasteiger partial charge in [-0.25, -0.2) is 9.59 Å². The van der Waals surface area contributed by atoms with E-state index < -0.39 is 11.9 Å². The highest BCUT2D eigenvalue weighted by Gasteiger charge is 2.27. The molecule has 272 valence electrons. The minimum Gasteiger partial charge on any atom is -0.478 e. The molecule has 2 aliphatic rings. The Balaban J connectivity index is 0.000000157. The minimum absolute atomic E-state index is 0.323. The van der Waals surface area contributed by atoms with Crippen LogP contribution in [0, 0.1) is 6.92 Å². The van der Waals surface area contributed by atoms with Gasteiger partial charge in [0.1, 0.15) is 0 Å². The van der Waals surface area contributed by atoms with Crippen molar-refractivity contribution in [1.82, 2.24) is 19.1 Å². The van der Waals surface area contributed by atoms with Crippen molar-refractivity contribution in [3.05, 3.63) is 152 Å². The number of hydrogen-bond acceptors (Lipinski definition) is 4. The van der Waals surface area contributed by atoms with Crippen LogP contribution in [0.2, 0.25) is 0 Å². The van der Waals surface area contributed by atoms with Crippen molar-refractivity contribution < 1.29 is 19.8 Å². The van der Waals surface area contributed by atoms with Gasteiger partial charge in [-0.1, -0.05) is 24.3 Å². The third-order valence-corrected chi connectivity index (χ3v) is 11.3. The van der Waals surface area contributed by atoms with Gasteiger partial charge in [0.2, 0.25) is 0 Å². The number of fused-ring (bicyclic) bond motifs is 2. The van der Waals surface area contributed by atoms with Crippen molar-refractivity contribution in [2.45, 2.75) is 57.3 Å². The highest BCUT2D eigenvalue weighted by molar-refractivity contribution is 9.10. The summed E-state index contributed by atoms with van der Waals surface area (Å²) in [5.74, 6) is -0.822. The summed E-state index contributed by atoms with van der Waals surface area (Å²) in [5.41, 5.74) is 12.0. The molecule has 4 aromatic heterocycles. The summed E-state index contributed by atoms with van der Waals surface area (Å²) in [4.78, 5) is 32.6. The molecular weight excluding hydrogens is 740 g/mol. The molecule has 3 aromatic carbocycles. The third kappa shape index (κ3) is 7.20. The fourth-order valence-corrected chi connectivity index (χ4v) is 8.38. The molecule has 0 aliphatic heterocycles. The van der Waals surface area contributed by atoms with Gasteiger partial charge in [-0.2, -0.15) is 0 Å². The maximum absolute atomic E-state index is 11.9. The number of carboxylic acids is 2. The van der Waals surface area contributed by atoms with E-state index in [4.69, 9.17) is 0 Å². The molecule has 0 spiro atoms. The fraction of sp³-hybridized carbons (Fsp3) is 0.244. The molecule has 9 heteroatoms. The highest BCUT2D eigenvalue weighted by Crippen LogP contribution is 2.41. The summed E-state index contributed by atoms with van der Waals surface area (Å²) in [6.07, 6.45) is 13.3. The van der Waals surface area contributed by atoms with Crippen LogP contribution in [0.4, 0.5) is 0 Å². The number of rotatable bonds is 9. The van der Waals surface area contributed by atoms with Gasteiger partial charge in [-0.05, 0) is 142 Å². The molecule has 2 aliphatic carbocycles. The van der Waals surface area contributed by atoms with E-state index in [0.29, 0.717) is 47.2 Å².